The summed E-state index contributed by atoms with van der Waals surface area (Å²) in [6, 6.07) is 20.0. The van der Waals surface area contributed by atoms with Crippen molar-refractivity contribution in [1.82, 2.24) is 10.6 Å². The van der Waals surface area contributed by atoms with Crippen LogP contribution in [0, 0.1) is 13.8 Å². The van der Waals surface area contributed by atoms with Gasteiger partial charge in [0, 0.05) is 49.4 Å². The van der Waals surface area contributed by atoms with Gasteiger partial charge >= 0.3 is 58.7 Å². The minimum absolute atomic E-state index is 0.00207. The number of rotatable bonds is 15. The first-order chi connectivity index (χ1) is 45.0. The quantitative estimate of drug-likeness (QED) is 0.0345. The number of hydrogen-bond donors (Lipinski definition) is 12. The first kappa shape index (κ1) is 72.7. The second kappa shape index (κ2) is 30.0. The molecular weight excluding hydrogens is 1280 g/mol. The first-order valence-electron chi connectivity index (χ1n) is 27.7. The lowest BCUT2D eigenvalue weighted by atomic mass is 9.94. The van der Waals surface area contributed by atoms with Crippen molar-refractivity contribution in [2.75, 3.05) is 48.8 Å². The van der Waals surface area contributed by atoms with Gasteiger partial charge in [-0.2, -0.15) is 26.3 Å². The highest BCUT2D eigenvalue weighted by Crippen LogP contribution is 2.42. The van der Waals surface area contributed by atoms with E-state index in [2.05, 4.69) is 30.1 Å². The Kier molecular flexibility index (Phi) is 22.7. The fraction of sp³-hybridized carbons (Fsp3) is 0.156. The number of amides is 4. The van der Waals surface area contributed by atoms with Crippen LogP contribution in [0.5, 0.6) is 0 Å². The van der Waals surface area contributed by atoms with Crippen molar-refractivity contribution in [2.24, 2.45) is 11.5 Å². The number of aryl methyl sites for hydroxylation is 2. The maximum Gasteiger partial charge on any atom is 0.417 e. The Morgan fingerprint density at radius 1 is 0.427 bits per heavy atom. The maximum atomic E-state index is 14.5. The number of fused-ring (bicyclic) bond motifs is 2. The molecule has 26 nitrogen and oxygen atoms in total. The molecule has 0 bridgehead atoms. The largest absolute Gasteiger partial charge is 0.478 e. The molecule has 0 radical (unpaired) electrons. The van der Waals surface area contributed by atoms with E-state index in [1.807, 2.05) is 0 Å². The fourth-order valence-corrected chi connectivity index (χ4v) is 9.34. The molecule has 32 heteroatoms. The maximum absolute atomic E-state index is 14.5. The Balaban J connectivity index is 0.000000297. The van der Waals surface area contributed by atoms with Crippen LogP contribution in [0.4, 0.5) is 49.1 Å². The standard InChI is InChI=1S/C38H31F3N4O12.C14H13F3N2.C10H2O6.C2H8N2/c1-4-9-43-31(47)22-13-24(28(37(56)57)15-26(22)35(52)53)32(48)44-17-5-7-19(16(2)10-17)20-8-6-18(11-29(20)38(39,40)41)45-33(49)23-12-21(30(46)42-3)25(34(50)51)14-27(23)36(54)55;1-8-6-9(18)2-4-11(8)12-5-3-10(19)7-13(12)14(15,16)17;11-7-3-1-4-6(10(14)16-8(4)12)2-5(3)9(13)15-7;3-1-2-4/h5-8,10-15H,4,9H2,1-3H3,(H,42,46)(H,43,47)(H,44,48)(H,45,49)(H,50,51)(H,52,53)(H,54,55)(H,56,57);2-7H,18-19H2,1H3;1-2H;1-4H2. The number of hydrogen-bond acceptors (Lipinski definition) is 18. The van der Waals surface area contributed by atoms with Gasteiger partial charge in [0.2, 0.25) is 0 Å². The molecule has 0 spiro atoms. The van der Waals surface area contributed by atoms with Crippen molar-refractivity contribution in [3.05, 3.63) is 218 Å². The number of benzene rings is 7. The lowest BCUT2D eigenvalue weighted by molar-refractivity contribution is -0.137. The summed E-state index contributed by atoms with van der Waals surface area (Å²) in [7, 11) is 1.15. The van der Waals surface area contributed by atoms with Crippen molar-refractivity contribution in [3.63, 3.8) is 0 Å². The number of carboxylic acids is 4. The van der Waals surface area contributed by atoms with E-state index < -0.39 is 149 Å². The van der Waals surface area contributed by atoms with Crippen molar-refractivity contribution in [1.29, 1.82) is 0 Å². The highest BCUT2D eigenvalue weighted by molar-refractivity contribution is 6.16. The van der Waals surface area contributed by atoms with Gasteiger partial charge in [-0.3, -0.25) is 19.2 Å². The number of carboxylic acid groups (broad SMARTS) is 4. The topological polar surface area (TPSA) is 464 Å². The molecule has 9 rings (SSSR count). The number of halogens is 6. The number of furan rings is 2. The average molecular weight is 1340 g/mol. The van der Waals surface area contributed by atoms with Crippen LogP contribution >= 0.6 is 0 Å². The average Bonchev–Trinajstić information content (AvgIpc) is 1.46. The Morgan fingerprint density at radius 3 is 1.10 bits per heavy atom. The van der Waals surface area contributed by atoms with E-state index in [0.717, 1.165) is 43.4 Å². The Bertz CT molecular complexity index is 4690. The van der Waals surface area contributed by atoms with Gasteiger partial charge in [-0.15, -0.1) is 0 Å². The van der Waals surface area contributed by atoms with Crippen molar-refractivity contribution in [2.45, 2.75) is 39.5 Å². The third-order valence-electron chi connectivity index (χ3n) is 13.8. The van der Waals surface area contributed by atoms with Crippen LogP contribution in [0.2, 0.25) is 0 Å². The van der Waals surface area contributed by atoms with Crippen LogP contribution in [0.1, 0.15) is 118 Å². The Morgan fingerprint density at radius 2 is 0.750 bits per heavy atom. The van der Waals surface area contributed by atoms with Gasteiger partial charge in [-0.1, -0.05) is 31.2 Å². The summed E-state index contributed by atoms with van der Waals surface area (Å²) in [4.78, 5) is 144. The zero-order valence-electron chi connectivity index (χ0n) is 50.3. The van der Waals surface area contributed by atoms with E-state index in [1.165, 1.54) is 37.3 Å². The molecule has 96 heavy (non-hydrogen) atoms. The summed E-state index contributed by atoms with van der Waals surface area (Å²) in [5, 5.41) is 47.6. The van der Waals surface area contributed by atoms with Gasteiger partial charge in [0.1, 0.15) is 0 Å². The first-order valence-corrected chi connectivity index (χ1v) is 27.7. The number of nitrogen functional groups attached to an aromatic ring is 2. The lowest BCUT2D eigenvalue weighted by Crippen LogP contribution is -2.27. The Hall–Kier alpha value is -12.3. The smallest absolute Gasteiger partial charge is 0.417 e. The van der Waals surface area contributed by atoms with Gasteiger partial charge in [-0.25, -0.2) is 38.4 Å². The molecular formula is C64H54F6N8O18. The molecule has 0 aliphatic carbocycles. The number of nitrogens with one attached hydrogen (secondary N) is 4. The lowest BCUT2D eigenvalue weighted by Gasteiger charge is -2.18. The molecule has 7 aromatic carbocycles. The number of aromatic carboxylic acids is 4. The summed E-state index contributed by atoms with van der Waals surface area (Å²) in [5.74, 6) is -11.0. The number of carbonyl (C=O) groups is 8. The second-order valence-electron chi connectivity index (χ2n) is 20.4. The van der Waals surface area contributed by atoms with Crippen LogP contribution < -0.4 is 66.7 Å². The highest BCUT2D eigenvalue weighted by Gasteiger charge is 2.36. The molecule has 0 fully saturated rings. The molecule has 16 N–H and O–H groups in total. The zero-order chi connectivity index (χ0) is 71.6. The minimum Gasteiger partial charge on any atom is -0.478 e. The molecule has 0 saturated heterocycles. The molecule has 2 aromatic heterocycles. The van der Waals surface area contributed by atoms with Crippen molar-refractivity contribution < 1.29 is 94.0 Å². The van der Waals surface area contributed by atoms with E-state index in [0.29, 0.717) is 60.6 Å². The van der Waals surface area contributed by atoms with Crippen molar-refractivity contribution in [3.8, 4) is 22.3 Å². The highest BCUT2D eigenvalue weighted by atomic mass is 19.4. The molecule has 0 saturated carbocycles. The van der Waals surface area contributed by atoms with Gasteiger partial charge in [0.15, 0.2) is 0 Å². The Labute approximate surface area is 534 Å². The van der Waals surface area contributed by atoms with Gasteiger partial charge < -0.3 is 73.5 Å². The second-order valence-corrected chi connectivity index (χ2v) is 20.4. The summed E-state index contributed by atoms with van der Waals surface area (Å²) in [5.41, 5.74) is 11.4. The van der Waals surface area contributed by atoms with Crippen LogP contribution in [0.15, 0.2) is 137 Å². The summed E-state index contributed by atoms with van der Waals surface area (Å²) in [6.45, 7) is 6.21. The minimum atomic E-state index is -5.03. The normalized spacial score (nSPS) is 11.0. The molecule has 4 amide bonds. The predicted octanol–water partition coefficient (Wildman–Crippen LogP) is 7.72. The van der Waals surface area contributed by atoms with E-state index in [9.17, 15) is 104 Å². The third kappa shape index (κ3) is 16.7. The monoisotopic (exact) mass is 1340 g/mol. The number of carbonyl (C=O) groups excluding carboxylic acids is 4. The van der Waals surface area contributed by atoms with E-state index in [-0.39, 0.29) is 56.2 Å². The fourth-order valence-electron chi connectivity index (χ4n) is 9.34. The molecule has 0 aliphatic heterocycles. The molecule has 0 atom stereocenters. The van der Waals surface area contributed by atoms with E-state index in [1.54, 1.807) is 32.0 Å². The summed E-state index contributed by atoms with van der Waals surface area (Å²) < 4.78 is 91.3. The predicted molar refractivity (Wildman–Crippen MR) is 336 cm³/mol. The number of nitrogens with two attached hydrogens (primary N) is 4. The third-order valence-corrected chi connectivity index (χ3v) is 13.8. The van der Waals surface area contributed by atoms with Crippen molar-refractivity contribution >= 4 is 91.8 Å². The van der Waals surface area contributed by atoms with Crippen LogP contribution in [-0.4, -0.2) is 94.6 Å². The van der Waals surface area contributed by atoms with Crippen LogP contribution in [-0.2, 0) is 12.4 Å². The SMILES string of the molecule is CCCNC(=O)c1cc(C(=O)Nc2ccc(-c3ccc(NC(=O)c4cc(C(=O)NC)c(C(=O)O)cc4C(=O)O)cc3C(F)(F)F)c(C)c2)c(C(=O)O)cc1C(=O)O.Cc1cc(N)ccc1-c1ccc(N)cc1C(F)(F)F.NCCN.O=c1oc(=O)c2cc3c(=O)oc(=O)c3cc12. The number of anilines is 4. The van der Waals surface area contributed by atoms with Crippen LogP contribution in [0.25, 0.3) is 43.8 Å². The van der Waals surface area contributed by atoms with Gasteiger partial charge in [0.25, 0.3) is 23.6 Å². The van der Waals surface area contributed by atoms with Gasteiger partial charge in [-0.05, 0) is 139 Å². The van der Waals surface area contributed by atoms with Crippen LogP contribution in [0.3, 0.4) is 0 Å². The molecule has 0 aliphatic rings. The zero-order valence-corrected chi connectivity index (χ0v) is 50.3. The molecule has 9 aromatic rings. The van der Waals surface area contributed by atoms with E-state index in [4.69, 9.17) is 22.9 Å². The van der Waals surface area contributed by atoms with Gasteiger partial charge in [0.05, 0.1) is 77.2 Å². The molecule has 0 unspecified atom stereocenters. The van der Waals surface area contributed by atoms with E-state index >= 15 is 0 Å². The summed E-state index contributed by atoms with van der Waals surface area (Å²) >= 11 is 0. The molecule has 500 valence electrons. The molecule has 2 heterocycles. The summed E-state index contributed by atoms with van der Waals surface area (Å²) in [6.07, 6.45) is -8.99. The number of alkyl halides is 6.